The maximum atomic E-state index is 13.4. The minimum Gasteiger partial charge on any atom is -0.340 e. The summed E-state index contributed by atoms with van der Waals surface area (Å²) in [6, 6.07) is 4.60. The van der Waals surface area contributed by atoms with E-state index in [9.17, 15) is 9.18 Å². The molecule has 6 heteroatoms. The van der Waals surface area contributed by atoms with Gasteiger partial charge in [0.1, 0.15) is 17.1 Å². The fourth-order valence-corrected chi connectivity index (χ4v) is 3.42. The predicted octanol–water partition coefficient (Wildman–Crippen LogP) is 2.70. The quantitative estimate of drug-likeness (QED) is 0.908. The summed E-state index contributed by atoms with van der Waals surface area (Å²) >= 11 is 5.89. The number of nitrogens with one attached hydrogen (secondary N) is 1. The summed E-state index contributed by atoms with van der Waals surface area (Å²) < 4.78 is 19.3. The lowest BCUT2D eigenvalue weighted by atomic mass is 10.00. The van der Waals surface area contributed by atoms with Crippen LogP contribution in [0.5, 0.6) is 0 Å². The van der Waals surface area contributed by atoms with Crippen molar-refractivity contribution in [3.63, 3.8) is 0 Å². The van der Waals surface area contributed by atoms with Crippen LogP contribution in [0.15, 0.2) is 18.2 Å². The minimum atomic E-state index is -0.766. The Balaban J connectivity index is 1.62. The van der Waals surface area contributed by atoms with E-state index in [0.717, 1.165) is 31.5 Å². The van der Waals surface area contributed by atoms with Crippen molar-refractivity contribution in [2.45, 2.75) is 44.6 Å². The molecule has 0 aromatic heterocycles. The number of benzene rings is 1. The molecule has 1 aromatic carbocycles. The second-order valence-electron chi connectivity index (χ2n) is 6.61. The first-order valence-electron chi connectivity index (χ1n) is 7.48. The maximum absolute atomic E-state index is 13.4. The molecule has 1 spiro atoms. The summed E-state index contributed by atoms with van der Waals surface area (Å²) in [5.74, 6) is -0.373. The fourth-order valence-electron chi connectivity index (χ4n) is 3.18. The van der Waals surface area contributed by atoms with Crippen molar-refractivity contribution in [2.75, 3.05) is 13.1 Å². The number of rotatable bonds is 2. The van der Waals surface area contributed by atoms with Gasteiger partial charge in [-0.25, -0.2) is 4.39 Å². The molecule has 4 nitrogen and oxygen atoms in total. The molecule has 2 saturated heterocycles. The zero-order valence-corrected chi connectivity index (χ0v) is 13.5. The van der Waals surface area contributed by atoms with Crippen LogP contribution < -0.4 is 5.32 Å². The molecule has 0 unspecified atom stereocenters. The van der Waals surface area contributed by atoms with E-state index >= 15 is 0 Å². The average molecular weight is 327 g/mol. The highest BCUT2D eigenvalue weighted by Gasteiger charge is 2.51. The van der Waals surface area contributed by atoms with Crippen molar-refractivity contribution in [2.24, 2.45) is 0 Å². The van der Waals surface area contributed by atoms with E-state index in [-0.39, 0.29) is 11.7 Å². The average Bonchev–Trinajstić information content (AvgIpc) is 2.61. The lowest BCUT2D eigenvalue weighted by molar-refractivity contribution is -0.139. The number of carbonyl (C=O) groups is 1. The second kappa shape index (κ2) is 5.48. The number of hydrogen-bond acceptors (Lipinski definition) is 3. The number of nitrogens with zero attached hydrogens (tertiary/aromatic N) is 1. The van der Waals surface area contributed by atoms with Gasteiger partial charge in [-0.2, -0.15) is 0 Å². The summed E-state index contributed by atoms with van der Waals surface area (Å²) in [5.41, 5.74) is -0.452. The molecule has 22 heavy (non-hydrogen) atoms. The van der Waals surface area contributed by atoms with Crippen LogP contribution in [0.25, 0.3) is 0 Å². The Morgan fingerprint density at radius 3 is 2.55 bits per heavy atom. The van der Waals surface area contributed by atoms with Gasteiger partial charge in [-0.3, -0.25) is 9.69 Å². The van der Waals surface area contributed by atoms with Gasteiger partial charge in [0.25, 0.3) is 5.91 Å². The van der Waals surface area contributed by atoms with E-state index in [0.29, 0.717) is 11.6 Å². The monoisotopic (exact) mass is 326 g/mol. The van der Waals surface area contributed by atoms with Gasteiger partial charge in [-0.05, 0) is 37.6 Å². The lowest BCUT2D eigenvalue weighted by Crippen LogP contribution is -2.51. The standard InChI is InChI=1S/C16H20ClFN2O2/c1-15(2)14(21)19-16(22-15)3-5-20(6-4-16)10-11-7-12(17)9-13(18)8-11/h7-9H,3-6,10H2,1-2H3,(H,19,21). The predicted molar refractivity (Wildman–Crippen MR) is 82.0 cm³/mol. The molecule has 120 valence electrons. The molecule has 2 aliphatic rings. The van der Waals surface area contributed by atoms with E-state index in [2.05, 4.69) is 10.2 Å². The Kier molecular flexibility index (Phi) is 3.91. The normalized spacial score (nSPS) is 23.7. The molecule has 1 amide bonds. The van der Waals surface area contributed by atoms with Crippen LogP contribution in [0.4, 0.5) is 4.39 Å². The van der Waals surface area contributed by atoms with Crippen LogP contribution in [0.2, 0.25) is 5.02 Å². The molecule has 0 atom stereocenters. The van der Waals surface area contributed by atoms with E-state index in [4.69, 9.17) is 16.3 Å². The Morgan fingerprint density at radius 2 is 2.00 bits per heavy atom. The van der Waals surface area contributed by atoms with Gasteiger partial charge < -0.3 is 10.1 Å². The molecule has 3 rings (SSSR count). The first-order chi connectivity index (χ1) is 10.3. The zero-order valence-electron chi connectivity index (χ0n) is 12.8. The topological polar surface area (TPSA) is 41.6 Å². The first-order valence-corrected chi connectivity index (χ1v) is 7.86. The van der Waals surface area contributed by atoms with Crippen molar-refractivity contribution in [1.82, 2.24) is 10.2 Å². The third-order valence-electron chi connectivity index (χ3n) is 4.33. The Labute approximate surface area is 134 Å². The smallest absolute Gasteiger partial charge is 0.253 e. The Bertz CT molecular complexity index is 578. The number of halogens is 2. The number of likely N-dealkylation sites (tertiary alicyclic amines) is 1. The van der Waals surface area contributed by atoms with Gasteiger partial charge in [0, 0.05) is 37.5 Å². The largest absolute Gasteiger partial charge is 0.340 e. The summed E-state index contributed by atoms with van der Waals surface area (Å²) in [6.07, 6.45) is 1.45. The van der Waals surface area contributed by atoms with Crippen molar-refractivity contribution in [3.8, 4) is 0 Å². The van der Waals surface area contributed by atoms with E-state index < -0.39 is 11.3 Å². The van der Waals surface area contributed by atoms with E-state index in [1.807, 2.05) is 0 Å². The van der Waals surface area contributed by atoms with Gasteiger partial charge in [-0.15, -0.1) is 0 Å². The van der Waals surface area contributed by atoms with Crippen LogP contribution in [-0.2, 0) is 16.1 Å². The molecule has 0 aliphatic carbocycles. The third kappa shape index (κ3) is 3.12. The van der Waals surface area contributed by atoms with Crippen molar-refractivity contribution in [1.29, 1.82) is 0 Å². The van der Waals surface area contributed by atoms with Gasteiger partial charge >= 0.3 is 0 Å². The Hall–Kier alpha value is -1.17. The van der Waals surface area contributed by atoms with Crippen LogP contribution in [0.1, 0.15) is 32.3 Å². The molecule has 0 radical (unpaired) electrons. The Morgan fingerprint density at radius 1 is 1.32 bits per heavy atom. The summed E-state index contributed by atoms with van der Waals surface area (Å²) in [5, 5.41) is 3.41. The van der Waals surface area contributed by atoms with Gasteiger partial charge in [0.05, 0.1) is 0 Å². The highest BCUT2D eigenvalue weighted by Crippen LogP contribution is 2.35. The second-order valence-corrected chi connectivity index (χ2v) is 7.05. The lowest BCUT2D eigenvalue weighted by Gasteiger charge is -2.39. The third-order valence-corrected chi connectivity index (χ3v) is 4.55. The van der Waals surface area contributed by atoms with E-state index in [1.54, 1.807) is 19.9 Å². The van der Waals surface area contributed by atoms with Crippen molar-refractivity contribution in [3.05, 3.63) is 34.6 Å². The van der Waals surface area contributed by atoms with Gasteiger partial charge in [-0.1, -0.05) is 11.6 Å². The van der Waals surface area contributed by atoms with Crippen molar-refractivity contribution >= 4 is 17.5 Å². The maximum Gasteiger partial charge on any atom is 0.253 e. The SMILES string of the molecule is CC1(C)OC2(CCN(Cc3cc(F)cc(Cl)c3)CC2)NC1=O. The van der Waals surface area contributed by atoms with Crippen LogP contribution in [-0.4, -0.2) is 35.2 Å². The molecule has 2 heterocycles. The fraction of sp³-hybridized carbons (Fsp3) is 0.562. The number of amides is 1. The molecule has 1 aromatic rings. The van der Waals surface area contributed by atoms with Crippen LogP contribution in [0, 0.1) is 5.82 Å². The minimum absolute atomic E-state index is 0.0575. The van der Waals surface area contributed by atoms with Crippen molar-refractivity contribution < 1.29 is 13.9 Å². The molecule has 0 bridgehead atoms. The summed E-state index contributed by atoms with van der Waals surface area (Å²) in [6.45, 7) is 5.79. The number of ether oxygens (including phenoxy) is 1. The molecule has 2 aliphatic heterocycles. The molecular weight excluding hydrogens is 307 g/mol. The number of hydrogen-bond donors (Lipinski definition) is 1. The number of piperidine rings is 1. The molecule has 2 fully saturated rings. The first kappa shape index (κ1) is 15.7. The van der Waals surface area contributed by atoms with Crippen LogP contribution in [0.3, 0.4) is 0 Å². The van der Waals surface area contributed by atoms with Gasteiger partial charge in [0.2, 0.25) is 0 Å². The zero-order chi connectivity index (χ0) is 16.0. The number of carbonyl (C=O) groups excluding carboxylic acids is 1. The summed E-state index contributed by atoms with van der Waals surface area (Å²) in [4.78, 5) is 14.1. The highest BCUT2D eigenvalue weighted by atomic mass is 35.5. The van der Waals surface area contributed by atoms with Crippen LogP contribution >= 0.6 is 11.6 Å². The van der Waals surface area contributed by atoms with Gasteiger partial charge in [0.15, 0.2) is 0 Å². The summed E-state index contributed by atoms with van der Waals surface area (Å²) in [7, 11) is 0. The molecule has 1 N–H and O–H groups in total. The van der Waals surface area contributed by atoms with E-state index in [1.165, 1.54) is 12.1 Å². The highest BCUT2D eigenvalue weighted by molar-refractivity contribution is 6.30. The molecular formula is C16H20ClFN2O2. The molecule has 0 saturated carbocycles.